The topological polar surface area (TPSA) is 59.8 Å². The molecule has 24 heavy (non-hydrogen) atoms. The number of hydrogen-bond acceptors (Lipinski definition) is 3. The molecule has 0 atom stereocenters. The Kier molecular flexibility index (Phi) is 4.03. The summed E-state index contributed by atoms with van der Waals surface area (Å²) in [6.45, 7) is 1.53. The lowest BCUT2D eigenvalue weighted by molar-refractivity contribution is 0.102. The Morgan fingerprint density at radius 1 is 1.08 bits per heavy atom. The van der Waals surface area contributed by atoms with E-state index in [1.54, 1.807) is 6.07 Å². The van der Waals surface area contributed by atoms with Gasteiger partial charge in [0.2, 0.25) is 0 Å². The van der Waals surface area contributed by atoms with Crippen LogP contribution in [0, 0.1) is 24.4 Å². The molecule has 0 aliphatic rings. The Morgan fingerprint density at radius 2 is 1.83 bits per heavy atom. The summed E-state index contributed by atoms with van der Waals surface area (Å²) in [5, 5.41) is 9.76. The molecule has 0 aliphatic heterocycles. The van der Waals surface area contributed by atoms with Gasteiger partial charge in [0.1, 0.15) is 23.1 Å². The summed E-state index contributed by atoms with van der Waals surface area (Å²) < 4.78 is 41.5. The van der Waals surface area contributed by atoms with Gasteiger partial charge in [-0.2, -0.15) is 0 Å². The minimum absolute atomic E-state index is 0.0954. The Hall–Kier alpha value is -3.16. The van der Waals surface area contributed by atoms with E-state index in [0.29, 0.717) is 6.07 Å². The number of nitrogens with zero attached hydrogens (tertiary/aromatic N) is 3. The molecule has 1 N–H and O–H groups in total. The van der Waals surface area contributed by atoms with Crippen molar-refractivity contribution in [2.45, 2.75) is 6.92 Å². The van der Waals surface area contributed by atoms with Gasteiger partial charge in [-0.05, 0) is 31.2 Å². The van der Waals surface area contributed by atoms with Crippen molar-refractivity contribution in [3.05, 3.63) is 71.3 Å². The first-order valence-electron chi connectivity index (χ1n) is 6.91. The van der Waals surface area contributed by atoms with Crippen LogP contribution < -0.4 is 5.32 Å². The van der Waals surface area contributed by atoms with E-state index in [-0.39, 0.29) is 22.8 Å². The first-order valence-corrected chi connectivity index (χ1v) is 6.91. The van der Waals surface area contributed by atoms with Crippen molar-refractivity contribution in [1.29, 1.82) is 0 Å². The average Bonchev–Trinajstić information content (AvgIpc) is 2.92. The predicted molar refractivity (Wildman–Crippen MR) is 80.4 cm³/mol. The zero-order valence-electron chi connectivity index (χ0n) is 12.4. The van der Waals surface area contributed by atoms with Gasteiger partial charge in [0.05, 0.1) is 11.4 Å². The van der Waals surface area contributed by atoms with Crippen molar-refractivity contribution >= 4 is 11.6 Å². The summed E-state index contributed by atoms with van der Waals surface area (Å²) >= 11 is 0. The lowest BCUT2D eigenvalue weighted by atomic mass is 10.2. The van der Waals surface area contributed by atoms with Gasteiger partial charge in [0.25, 0.3) is 5.91 Å². The first kappa shape index (κ1) is 15.7. The number of aromatic nitrogens is 3. The van der Waals surface area contributed by atoms with Crippen LogP contribution in [0.4, 0.5) is 18.9 Å². The molecule has 0 saturated heterocycles. The number of carbonyl (C=O) groups is 1. The fourth-order valence-electron chi connectivity index (χ4n) is 2.16. The summed E-state index contributed by atoms with van der Waals surface area (Å²) in [7, 11) is 0. The van der Waals surface area contributed by atoms with E-state index in [4.69, 9.17) is 0 Å². The number of amides is 1. The average molecular weight is 332 g/mol. The van der Waals surface area contributed by atoms with E-state index in [1.165, 1.54) is 29.8 Å². The Labute approximate surface area is 134 Å². The third kappa shape index (κ3) is 2.85. The number of para-hydroxylation sites is 1. The molecule has 1 aromatic heterocycles. The molecule has 0 spiro atoms. The van der Waals surface area contributed by atoms with Crippen molar-refractivity contribution < 1.29 is 18.0 Å². The highest BCUT2D eigenvalue weighted by Crippen LogP contribution is 2.18. The van der Waals surface area contributed by atoms with Crippen molar-refractivity contribution in [3.8, 4) is 5.69 Å². The third-order valence-corrected chi connectivity index (χ3v) is 3.37. The summed E-state index contributed by atoms with van der Waals surface area (Å²) in [6.07, 6.45) is 0. The molecule has 8 heteroatoms. The molecular formula is C16H11F3N4O. The summed E-state index contributed by atoms with van der Waals surface area (Å²) in [6, 6.07) is 8.64. The SMILES string of the molecule is Cc1c(C(=O)Nc2ccc(F)cc2F)nnn1-c1ccccc1F. The zero-order chi connectivity index (χ0) is 17.3. The van der Waals surface area contributed by atoms with Crippen LogP contribution >= 0.6 is 0 Å². The van der Waals surface area contributed by atoms with Crippen molar-refractivity contribution in [3.63, 3.8) is 0 Å². The van der Waals surface area contributed by atoms with E-state index in [9.17, 15) is 18.0 Å². The van der Waals surface area contributed by atoms with Gasteiger partial charge in [-0.25, -0.2) is 17.9 Å². The lowest BCUT2D eigenvalue weighted by Gasteiger charge is -2.06. The molecule has 3 rings (SSSR count). The zero-order valence-corrected chi connectivity index (χ0v) is 12.4. The van der Waals surface area contributed by atoms with Gasteiger partial charge in [-0.1, -0.05) is 17.3 Å². The van der Waals surface area contributed by atoms with Crippen LogP contribution in [0.1, 0.15) is 16.2 Å². The molecule has 1 heterocycles. The second kappa shape index (κ2) is 6.15. The molecule has 0 radical (unpaired) electrons. The van der Waals surface area contributed by atoms with Gasteiger partial charge in [0.15, 0.2) is 5.69 Å². The quantitative estimate of drug-likeness (QED) is 0.801. The highest BCUT2D eigenvalue weighted by atomic mass is 19.1. The number of anilines is 1. The van der Waals surface area contributed by atoms with Crippen molar-refractivity contribution in [1.82, 2.24) is 15.0 Å². The molecule has 0 unspecified atom stereocenters. The molecule has 3 aromatic rings. The van der Waals surface area contributed by atoms with Crippen LogP contribution in [0.2, 0.25) is 0 Å². The molecule has 5 nitrogen and oxygen atoms in total. The molecule has 122 valence electrons. The second-order valence-electron chi connectivity index (χ2n) is 4.96. The third-order valence-electron chi connectivity index (χ3n) is 3.37. The highest BCUT2D eigenvalue weighted by Gasteiger charge is 2.20. The number of halogens is 3. The summed E-state index contributed by atoms with van der Waals surface area (Å²) in [5.74, 6) is -2.93. The number of nitrogens with one attached hydrogen (secondary N) is 1. The highest BCUT2D eigenvalue weighted by molar-refractivity contribution is 6.03. The molecule has 1 amide bonds. The van der Waals surface area contributed by atoms with Crippen LogP contribution in [0.15, 0.2) is 42.5 Å². The minimum Gasteiger partial charge on any atom is -0.318 e. The maximum atomic E-state index is 13.8. The normalized spacial score (nSPS) is 10.7. The van der Waals surface area contributed by atoms with E-state index in [2.05, 4.69) is 15.6 Å². The van der Waals surface area contributed by atoms with E-state index in [1.807, 2.05) is 0 Å². The Balaban J connectivity index is 1.91. The predicted octanol–water partition coefficient (Wildman–Crippen LogP) is 3.25. The molecule has 0 bridgehead atoms. The molecular weight excluding hydrogens is 321 g/mol. The first-order chi connectivity index (χ1) is 11.5. The van der Waals surface area contributed by atoms with Crippen molar-refractivity contribution in [2.75, 3.05) is 5.32 Å². The van der Waals surface area contributed by atoms with Crippen LogP contribution in [0.25, 0.3) is 5.69 Å². The Morgan fingerprint density at radius 3 is 2.54 bits per heavy atom. The van der Waals surface area contributed by atoms with E-state index < -0.39 is 23.4 Å². The minimum atomic E-state index is -0.914. The molecule has 0 fully saturated rings. The number of rotatable bonds is 3. The van der Waals surface area contributed by atoms with Crippen LogP contribution in [-0.2, 0) is 0 Å². The smallest absolute Gasteiger partial charge is 0.278 e. The van der Waals surface area contributed by atoms with E-state index >= 15 is 0 Å². The number of benzene rings is 2. The van der Waals surface area contributed by atoms with E-state index in [0.717, 1.165) is 12.1 Å². The standard InChI is InChI=1S/C16H11F3N4O/c1-9-15(16(24)20-13-7-6-10(17)8-12(13)19)21-22-23(9)14-5-3-2-4-11(14)18/h2-8H,1H3,(H,20,24). The van der Waals surface area contributed by atoms with Crippen molar-refractivity contribution in [2.24, 2.45) is 0 Å². The van der Waals surface area contributed by atoms with Gasteiger partial charge in [-0.15, -0.1) is 5.10 Å². The van der Waals surface area contributed by atoms with Gasteiger partial charge in [0, 0.05) is 6.07 Å². The van der Waals surface area contributed by atoms with Crippen LogP contribution in [0.3, 0.4) is 0 Å². The second-order valence-corrected chi connectivity index (χ2v) is 4.96. The molecule has 0 saturated carbocycles. The Bertz CT molecular complexity index is 923. The summed E-state index contributed by atoms with van der Waals surface area (Å²) in [5.41, 5.74) is 0.123. The maximum absolute atomic E-state index is 13.8. The fraction of sp³-hybridized carbons (Fsp3) is 0.0625. The molecule has 2 aromatic carbocycles. The fourth-order valence-corrected chi connectivity index (χ4v) is 2.16. The van der Waals surface area contributed by atoms with Gasteiger partial charge < -0.3 is 5.32 Å². The van der Waals surface area contributed by atoms with Crippen LogP contribution in [-0.4, -0.2) is 20.9 Å². The molecule has 0 aliphatic carbocycles. The lowest BCUT2D eigenvalue weighted by Crippen LogP contribution is -2.15. The largest absolute Gasteiger partial charge is 0.318 e. The monoisotopic (exact) mass is 332 g/mol. The van der Waals surface area contributed by atoms with Crippen LogP contribution in [0.5, 0.6) is 0 Å². The summed E-state index contributed by atoms with van der Waals surface area (Å²) in [4.78, 5) is 12.2. The van der Waals surface area contributed by atoms with Gasteiger partial charge >= 0.3 is 0 Å². The van der Waals surface area contributed by atoms with Gasteiger partial charge in [-0.3, -0.25) is 4.79 Å². The maximum Gasteiger partial charge on any atom is 0.278 e. The number of carbonyl (C=O) groups excluding carboxylic acids is 1. The number of hydrogen-bond donors (Lipinski definition) is 1.